The molecule has 0 aliphatic carbocycles. The Kier molecular flexibility index (Phi) is 3.02. The maximum absolute atomic E-state index is 11.8. The van der Waals surface area contributed by atoms with Crippen LogP contribution in [0, 0.1) is 0 Å². The minimum Gasteiger partial charge on any atom is -0.543 e. The van der Waals surface area contributed by atoms with Gasteiger partial charge in [0.05, 0.1) is 11.2 Å². The van der Waals surface area contributed by atoms with Crippen molar-refractivity contribution in [2.24, 2.45) is 5.73 Å². The summed E-state index contributed by atoms with van der Waals surface area (Å²) in [6.07, 6.45) is 3.50. The highest BCUT2D eigenvalue weighted by Crippen LogP contribution is 2.43. The molecule has 7 heteroatoms. The second-order valence-electron chi connectivity index (χ2n) is 4.71. The topological polar surface area (TPSA) is 90.3 Å². The summed E-state index contributed by atoms with van der Waals surface area (Å²) in [5, 5.41) is 11.1. The standard InChI is InChI=1S/C13H13N3O3S/c1-7-9(15-5-3-2-4-6-15)10(13(18)19)16-11(17)8(14)12(16)20-7/h2-8,12H,14H2,1H3/t7?,8-,12-/m1/s1. The molecule has 1 amide bonds. The van der Waals surface area contributed by atoms with Crippen molar-refractivity contribution in [1.82, 2.24) is 4.90 Å². The number of carbonyl (C=O) groups is 2. The van der Waals surface area contributed by atoms with E-state index < -0.39 is 12.0 Å². The lowest BCUT2D eigenvalue weighted by molar-refractivity contribution is -0.584. The normalized spacial score (nSPS) is 29.0. The molecule has 0 spiro atoms. The van der Waals surface area contributed by atoms with E-state index in [1.165, 1.54) is 16.7 Å². The molecule has 6 nitrogen and oxygen atoms in total. The minimum absolute atomic E-state index is 0.0795. The maximum Gasteiger partial charge on any atom is 0.248 e. The molecule has 1 aromatic rings. The van der Waals surface area contributed by atoms with Crippen LogP contribution in [0.5, 0.6) is 0 Å². The van der Waals surface area contributed by atoms with Crippen LogP contribution >= 0.6 is 11.8 Å². The Labute approximate surface area is 119 Å². The highest BCUT2D eigenvalue weighted by atomic mass is 32.2. The van der Waals surface area contributed by atoms with Crippen molar-refractivity contribution in [2.45, 2.75) is 23.6 Å². The van der Waals surface area contributed by atoms with Gasteiger partial charge in [-0.3, -0.25) is 9.69 Å². The van der Waals surface area contributed by atoms with E-state index in [-0.39, 0.29) is 22.2 Å². The van der Waals surface area contributed by atoms with Gasteiger partial charge >= 0.3 is 0 Å². The van der Waals surface area contributed by atoms with Gasteiger partial charge in [0.15, 0.2) is 12.4 Å². The SMILES string of the molecule is CC1S[C@@H]2[C@H](N)C(=O)N2C(C(=O)[O-])=C1[n+]1ccccc1. The largest absolute Gasteiger partial charge is 0.543 e. The summed E-state index contributed by atoms with van der Waals surface area (Å²) < 4.78 is 1.70. The molecular weight excluding hydrogens is 278 g/mol. The van der Waals surface area contributed by atoms with Gasteiger partial charge in [-0.1, -0.05) is 6.07 Å². The van der Waals surface area contributed by atoms with E-state index in [4.69, 9.17) is 5.73 Å². The molecule has 1 fully saturated rings. The van der Waals surface area contributed by atoms with Crippen molar-refractivity contribution in [1.29, 1.82) is 0 Å². The number of amides is 1. The molecule has 2 N–H and O–H groups in total. The Bertz CT molecular complexity index is 617. The van der Waals surface area contributed by atoms with E-state index in [2.05, 4.69) is 0 Å². The van der Waals surface area contributed by atoms with Crippen molar-refractivity contribution >= 4 is 29.3 Å². The van der Waals surface area contributed by atoms with E-state index in [9.17, 15) is 14.7 Å². The molecule has 1 aromatic heterocycles. The Morgan fingerprint density at radius 2 is 2.05 bits per heavy atom. The number of pyridine rings is 1. The molecule has 104 valence electrons. The number of carboxylic acids is 1. The number of nitrogens with zero attached hydrogens (tertiary/aromatic N) is 2. The first kappa shape index (κ1) is 13.1. The summed E-state index contributed by atoms with van der Waals surface area (Å²) in [5.41, 5.74) is 6.19. The van der Waals surface area contributed by atoms with Gasteiger partial charge in [0.25, 0.3) is 0 Å². The van der Waals surface area contributed by atoms with Crippen LogP contribution in [0.1, 0.15) is 6.92 Å². The third kappa shape index (κ3) is 1.74. The summed E-state index contributed by atoms with van der Waals surface area (Å²) in [7, 11) is 0. The second-order valence-corrected chi connectivity index (χ2v) is 6.17. The van der Waals surface area contributed by atoms with Crippen LogP contribution in [0.15, 0.2) is 36.3 Å². The smallest absolute Gasteiger partial charge is 0.248 e. The number of fused-ring (bicyclic) bond motifs is 1. The van der Waals surface area contributed by atoms with E-state index >= 15 is 0 Å². The molecule has 3 atom stereocenters. The first-order valence-electron chi connectivity index (χ1n) is 6.18. The fourth-order valence-electron chi connectivity index (χ4n) is 2.55. The van der Waals surface area contributed by atoms with Gasteiger partial charge in [-0.25, -0.2) is 0 Å². The first-order valence-corrected chi connectivity index (χ1v) is 7.13. The van der Waals surface area contributed by atoms with Crippen molar-refractivity contribution in [3.8, 4) is 0 Å². The van der Waals surface area contributed by atoms with Crippen molar-refractivity contribution in [3.63, 3.8) is 0 Å². The van der Waals surface area contributed by atoms with Crippen LogP contribution in [-0.2, 0) is 9.59 Å². The highest BCUT2D eigenvalue weighted by molar-refractivity contribution is 8.01. The number of carboxylic acid groups (broad SMARTS) is 1. The number of nitrogens with two attached hydrogens (primary N) is 1. The summed E-state index contributed by atoms with van der Waals surface area (Å²) in [5.74, 6) is -1.73. The molecular formula is C13H13N3O3S. The molecule has 0 saturated carbocycles. The molecule has 1 saturated heterocycles. The van der Waals surface area contributed by atoms with Gasteiger partial charge in [0, 0.05) is 12.1 Å². The quantitative estimate of drug-likeness (QED) is 0.530. The van der Waals surface area contributed by atoms with Crippen molar-refractivity contribution in [2.75, 3.05) is 0 Å². The third-order valence-corrected chi connectivity index (χ3v) is 4.90. The van der Waals surface area contributed by atoms with Gasteiger partial charge in [-0.2, -0.15) is 4.57 Å². The first-order chi connectivity index (χ1) is 9.52. The van der Waals surface area contributed by atoms with Gasteiger partial charge in [0.2, 0.25) is 11.6 Å². The second kappa shape index (κ2) is 4.60. The molecule has 20 heavy (non-hydrogen) atoms. The lowest BCUT2D eigenvalue weighted by Crippen LogP contribution is -2.70. The molecule has 0 radical (unpaired) electrons. The highest BCUT2D eigenvalue weighted by Gasteiger charge is 2.54. The van der Waals surface area contributed by atoms with Crippen molar-refractivity contribution < 1.29 is 19.3 Å². The fraction of sp³-hybridized carbons (Fsp3) is 0.308. The van der Waals surface area contributed by atoms with Gasteiger partial charge in [-0.15, -0.1) is 11.8 Å². The molecule has 3 rings (SSSR count). The minimum atomic E-state index is -1.35. The third-order valence-electron chi connectivity index (χ3n) is 3.48. The van der Waals surface area contributed by atoms with Crippen LogP contribution in [0.25, 0.3) is 5.70 Å². The predicted molar refractivity (Wildman–Crippen MR) is 70.5 cm³/mol. The Hall–Kier alpha value is -1.86. The number of β-lactam (4-membered cyclic amide) rings is 1. The average Bonchev–Trinajstić information content (AvgIpc) is 2.46. The van der Waals surface area contributed by atoms with E-state index in [1.54, 1.807) is 29.1 Å². The van der Waals surface area contributed by atoms with E-state index in [0.29, 0.717) is 5.70 Å². The average molecular weight is 291 g/mol. The number of aromatic nitrogens is 1. The van der Waals surface area contributed by atoms with Crippen LogP contribution in [0.4, 0.5) is 0 Å². The van der Waals surface area contributed by atoms with Crippen LogP contribution < -0.4 is 15.4 Å². The fourth-order valence-corrected chi connectivity index (χ4v) is 3.95. The Morgan fingerprint density at radius 3 is 2.65 bits per heavy atom. The maximum atomic E-state index is 11.8. The monoisotopic (exact) mass is 291 g/mol. The van der Waals surface area contributed by atoms with E-state index in [0.717, 1.165) is 0 Å². The molecule has 0 bridgehead atoms. The zero-order valence-electron chi connectivity index (χ0n) is 10.7. The summed E-state index contributed by atoms with van der Waals surface area (Å²) in [6, 6.07) is 4.79. The summed E-state index contributed by atoms with van der Waals surface area (Å²) in [4.78, 5) is 24.6. The lowest BCUT2D eigenvalue weighted by atomic mass is 10.0. The summed E-state index contributed by atoms with van der Waals surface area (Å²) in [6.45, 7) is 1.90. The molecule has 0 aromatic carbocycles. The molecule has 2 aliphatic heterocycles. The van der Waals surface area contributed by atoms with Crippen LogP contribution in [0.3, 0.4) is 0 Å². The Balaban J connectivity index is 2.16. The van der Waals surface area contributed by atoms with Crippen LogP contribution in [-0.4, -0.2) is 33.4 Å². The van der Waals surface area contributed by atoms with E-state index in [1.807, 2.05) is 13.0 Å². The number of hydrogen-bond acceptors (Lipinski definition) is 5. The number of carbonyl (C=O) groups excluding carboxylic acids is 2. The Morgan fingerprint density at radius 1 is 1.40 bits per heavy atom. The molecule has 3 heterocycles. The van der Waals surface area contributed by atoms with Gasteiger partial charge in [-0.05, 0) is 6.92 Å². The number of rotatable bonds is 2. The van der Waals surface area contributed by atoms with Crippen LogP contribution in [0.2, 0.25) is 0 Å². The predicted octanol–water partition coefficient (Wildman–Crippen LogP) is -1.48. The zero-order valence-corrected chi connectivity index (χ0v) is 11.5. The lowest BCUT2D eigenvalue weighted by Gasteiger charge is -2.49. The number of aliphatic carboxylic acids is 1. The summed E-state index contributed by atoms with van der Waals surface area (Å²) >= 11 is 1.48. The zero-order chi connectivity index (χ0) is 14.4. The van der Waals surface area contributed by atoms with Crippen molar-refractivity contribution in [3.05, 3.63) is 36.3 Å². The molecule has 1 unspecified atom stereocenters. The molecule has 2 aliphatic rings. The van der Waals surface area contributed by atoms with Gasteiger partial charge in [0.1, 0.15) is 17.1 Å². The van der Waals surface area contributed by atoms with Gasteiger partial charge < -0.3 is 15.6 Å². The number of thioether (sulfide) groups is 1. The number of hydrogen-bond donors (Lipinski definition) is 1.